The number of rotatable bonds is 4. The summed E-state index contributed by atoms with van der Waals surface area (Å²) in [5.74, 6) is 0.909. The molecule has 0 radical (unpaired) electrons. The molecule has 1 heterocycles. The average Bonchev–Trinajstić information content (AvgIpc) is 2.73. The zero-order chi connectivity index (χ0) is 11.4. The van der Waals surface area contributed by atoms with E-state index in [0.29, 0.717) is 19.6 Å². The second kappa shape index (κ2) is 4.99. The largest absolute Gasteiger partial charge is 0.490 e. The first-order valence-electron chi connectivity index (χ1n) is 5.55. The van der Waals surface area contributed by atoms with Gasteiger partial charge in [0.1, 0.15) is 12.4 Å². The molecule has 0 unspecified atom stereocenters. The van der Waals surface area contributed by atoms with Crippen LogP contribution in [0, 0.1) is 0 Å². The minimum Gasteiger partial charge on any atom is -0.490 e. The van der Waals surface area contributed by atoms with Gasteiger partial charge >= 0.3 is 0 Å². The Kier molecular flexibility index (Phi) is 3.41. The molecular weight excluding hydrogens is 204 g/mol. The average molecular weight is 220 g/mol. The molecular formula is C12H16N2O2. The summed E-state index contributed by atoms with van der Waals surface area (Å²) in [6, 6.07) is 7.60. The highest BCUT2D eigenvalue weighted by molar-refractivity contribution is 5.96. The van der Waals surface area contributed by atoms with Crippen LogP contribution in [-0.2, 0) is 4.79 Å². The molecule has 0 bridgehead atoms. The van der Waals surface area contributed by atoms with Crippen LogP contribution in [0.3, 0.4) is 0 Å². The van der Waals surface area contributed by atoms with E-state index in [2.05, 4.69) is 0 Å². The van der Waals surface area contributed by atoms with E-state index in [1.165, 1.54) is 0 Å². The summed E-state index contributed by atoms with van der Waals surface area (Å²) in [6.45, 7) is 1.73. The lowest BCUT2D eigenvalue weighted by Gasteiger charge is -2.19. The lowest BCUT2D eigenvalue weighted by molar-refractivity contribution is -0.117. The molecule has 0 spiro atoms. The van der Waals surface area contributed by atoms with E-state index in [1.54, 1.807) is 4.90 Å². The van der Waals surface area contributed by atoms with Crippen LogP contribution in [0.15, 0.2) is 24.3 Å². The number of ether oxygens (including phenoxy) is 1. The van der Waals surface area contributed by atoms with Gasteiger partial charge in [-0.2, -0.15) is 0 Å². The van der Waals surface area contributed by atoms with Crippen molar-refractivity contribution in [2.45, 2.75) is 12.8 Å². The smallest absolute Gasteiger partial charge is 0.227 e. The first kappa shape index (κ1) is 11.0. The summed E-state index contributed by atoms with van der Waals surface area (Å²) >= 11 is 0. The highest BCUT2D eigenvalue weighted by atomic mass is 16.5. The molecule has 1 saturated heterocycles. The molecule has 4 heteroatoms. The van der Waals surface area contributed by atoms with E-state index in [0.717, 1.165) is 24.4 Å². The minimum atomic E-state index is 0.170. The summed E-state index contributed by atoms with van der Waals surface area (Å²) in [6.07, 6.45) is 1.55. The molecule has 0 aromatic heterocycles. The van der Waals surface area contributed by atoms with Crippen molar-refractivity contribution in [2.24, 2.45) is 5.73 Å². The van der Waals surface area contributed by atoms with Crippen LogP contribution in [-0.4, -0.2) is 25.6 Å². The number of carbonyl (C=O) groups is 1. The van der Waals surface area contributed by atoms with Gasteiger partial charge in [0, 0.05) is 19.5 Å². The SMILES string of the molecule is NCCOc1ccccc1N1CCCC1=O. The van der Waals surface area contributed by atoms with Gasteiger partial charge < -0.3 is 15.4 Å². The van der Waals surface area contributed by atoms with E-state index in [4.69, 9.17) is 10.5 Å². The number of nitrogens with zero attached hydrogens (tertiary/aromatic N) is 1. The molecule has 0 atom stereocenters. The van der Waals surface area contributed by atoms with Crippen LogP contribution >= 0.6 is 0 Å². The Bertz CT molecular complexity index is 379. The Morgan fingerprint density at radius 3 is 2.88 bits per heavy atom. The Labute approximate surface area is 95.0 Å². The standard InChI is InChI=1S/C12H16N2O2/c13-7-9-16-11-5-2-1-4-10(11)14-8-3-6-12(14)15/h1-2,4-5H,3,6-9,13H2. The predicted octanol–water partition coefficient (Wildman–Crippen LogP) is 1.15. The summed E-state index contributed by atoms with van der Waals surface area (Å²) in [5, 5.41) is 0. The van der Waals surface area contributed by atoms with E-state index in [-0.39, 0.29) is 5.91 Å². The van der Waals surface area contributed by atoms with Crippen LogP contribution in [0.4, 0.5) is 5.69 Å². The number of carbonyl (C=O) groups excluding carboxylic acids is 1. The monoisotopic (exact) mass is 220 g/mol. The molecule has 1 aromatic rings. The minimum absolute atomic E-state index is 0.170. The van der Waals surface area contributed by atoms with Crippen molar-refractivity contribution in [1.82, 2.24) is 0 Å². The van der Waals surface area contributed by atoms with Crippen LogP contribution in [0.2, 0.25) is 0 Å². The predicted molar refractivity (Wildman–Crippen MR) is 62.6 cm³/mol. The maximum Gasteiger partial charge on any atom is 0.227 e. The molecule has 86 valence electrons. The highest BCUT2D eigenvalue weighted by Crippen LogP contribution is 2.30. The van der Waals surface area contributed by atoms with E-state index < -0.39 is 0 Å². The number of nitrogens with two attached hydrogens (primary N) is 1. The van der Waals surface area contributed by atoms with Gasteiger partial charge in [0.15, 0.2) is 0 Å². The van der Waals surface area contributed by atoms with Crippen molar-refractivity contribution < 1.29 is 9.53 Å². The summed E-state index contributed by atoms with van der Waals surface area (Å²) in [5.41, 5.74) is 6.26. The third-order valence-electron chi connectivity index (χ3n) is 2.60. The molecule has 2 N–H and O–H groups in total. The Hall–Kier alpha value is -1.55. The third kappa shape index (κ3) is 2.17. The number of hydrogen-bond acceptors (Lipinski definition) is 3. The van der Waals surface area contributed by atoms with Gasteiger partial charge in [-0.05, 0) is 18.6 Å². The molecule has 1 aliphatic rings. The van der Waals surface area contributed by atoms with Crippen molar-refractivity contribution in [2.75, 3.05) is 24.6 Å². The zero-order valence-electron chi connectivity index (χ0n) is 9.19. The lowest BCUT2D eigenvalue weighted by Crippen LogP contribution is -2.24. The van der Waals surface area contributed by atoms with Crippen LogP contribution in [0.5, 0.6) is 5.75 Å². The quantitative estimate of drug-likeness (QED) is 0.828. The van der Waals surface area contributed by atoms with Crippen molar-refractivity contribution in [3.63, 3.8) is 0 Å². The second-order valence-electron chi connectivity index (χ2n) is 3.75. The van der Waals surface area contributed by atoms with E-state index >= 15 is 0 Å². The molecule has 1 fully saturated rings. The highest BCUT2D eigenvalue weighted by Gasteiger charge is 2.23. The number of benzene rings is 1. The first-order valence-corrected chi connectivity index (χ1v) is 5.55. The van der Waals surface area contributed by atoms with Crippen molar-refractivity contribution in [3.8, 4) is 5.75 Å². The van der Waals surface area contributed by atoms with Gasteiger partial charge in [0.05, 0.1) is 5.69 Å². The second-order valence-corrected chi connectivity index (χ2v) is 3.75. The molecule has 1 aliphatic heterocycles. The van der Waals surface area contributed by atoms with Crippen molar-refractivity contribution in [1.29, 1.82) is 0 Å². The molecule has 1 aromatic carbocycles. The zero-order valence-corrected chi connectivity index (χ0v) is 9.19. The Morgan fingerprint density at radius 1 is 1.38 bits per heavy atom. The van der Waals surface area contributed by atoms with Gasteiger partial charge in [-0.25, -0.2) is 0 Å². The van der Waals surface area contributed by atoms with Gasteiger partial charge in [-0.1, -0.05) is 12.1 Å². The lowest BCUT2D eigenvalue weighted by atomic mass is 10.2. The van der Waals surface area contributed by atoms with Crippen LogP contribution < -0.4 is 15.4 Å². The fraction of sp³-hybridized carbons (Fsp3) is 0.417. The molecule has 4 nitrogen and oxygen atoms in total. The number of para-hydroxylation sites is 2. The molecule has 16 heavy (non-hydrogen) atoms. The van der Waals surface area contributed by atoms with Gasteiger partial charge in [-0.15, -0.1) is 0 Å². The molecule has 1 amide bonds. The third-order valence-corrected chi connectivity index (χ3v) is 2.60. The van der Waals surface area contributed by atoms with E-state index in [1.807, 2.05) is 24.3 Å². The number of amides is 1. The van der Waals surface area contributed by atoms with Crippen molar-refractivity contribution in [3.05, 3.63) is 24.3 Å². The maximum atomic E-state index is 11.6. The Balaban J connectivity index is 2.21. The van der Waals surface area contributed by atoms with Gasteiger partial charge in [0.2, 0.25) is 5.91 Å². The van der Waals surface area contributed by atoms with Gasteiger partial charge in [0.25, 0.3) is 0 Å². The molecule has 0 saturated carbocycles. The number of anilines is 1. The number of hydrogen-bond donors (Lipinski definition) is 1. The normalized spacial score (nSPS) is 15.6. The summed E-state index contributed by atoms with van der Waals surface area (Å²) in [7, 11) is 0. The fourth-order valence-electron chi connectivity index (χ4n) is 1.87. The van der Waals surface area contributed by atoms with Gasteiger partial charge in [-0.3, -0.25) is 4.79 Å². The topological polar surface area (TPSA) is 55.6 Å². The Morgan fingerprint density at radius 2 is 2.19 bits per heavy atom. The van der Waals surface area contributed by atoms with Crippen molar-refractivity contribution >= 4 is 11.6 Å². The fourth-order valence-corrected chi connectivity index (χ4v) is 1.87. The first-order chi connectivity index (χ1) is 7.83. The maximum absolute atomic E-state index is 11.6. The summed E-state index contributed by atoms with van der Waals surface area (Å²) < 4.78 is 5.53. The molecule has 0 aliphatic carbocycles. The summed E-state index contributed by atoms with van der Waals surface area (Å²) in [4.78, 5) is 13.4. The van der Waals surface area contributed by atoms with Crippen LogP contribution in [0.25, 0.3) is 0 Å². The van der Waals surface area contributed by atoms with Crippen LogP contribution in [0.1, 0.15) is 12.8 Å². The molecule has 2 rings (SSSR count). The van der Waals surface area contributed by atoms with E-state index in [9.17, 15) is 4.79 Å².